The van der Waals surface area contributed by atoms with Crippen LogP contribution < -0.4 is 5.32 Å². The van der Waals surface area contributed by atoms with Crippen molar-refractivity contribution in [1.29, 1.82) is 0 Å². The third-order valence-electron chi connectivity index (χ3n) is 5.06. The monoisotopic (exact) mass is 398 g/mol. The topological polar surface area (TPSA) is 105 Å². The minimum absolute atomic E-state index is 0.0392. The molecule has 0 aliphatic rings. The number of nitrogens with one attached hydrogen (secondary N) is 1. The Kier molecular flexibility index (Phi) is 6.28. The number of nitrogens with zero attached hydrogens (tertiary/aromatic N) is 5. The minimum Gasteiger partial charge on any atom is -0.477 e. The second kappa shape index (κ2) is 8.87. The first kappa shape index (κ1) is 20.5. The Balaban J connectivity index is 1.86. The number of benzene rings is 1. The number of carboxylic acids is 1. The number of aromatic nitrogens is 4. The molecular weight excluding hydrogens is 372 g/mol. The van der Waals surface area contributed by atoms with Crippen LogP contribution in [-0.4, -0.2) is 60.8 Å². The molecule has 2 N–H and O–H groups in total. The number of carbonyl (C=O) groups is 2. The lowest BCUT2D eigenvalue weighted by molar-refractivity contribution is -0.119. The molecule has 1 unspecified atom stereocenters. The van der Waals surface area contributed by atoms with Crippen LogP contribution in [0.15, 0.2) is 36.5 Å². The molecule has 0 saturated heterocycles. The molecule has 1 atom stereocenters. The van der Waals surface area contributed by atoms with Gasteiger partial charge in [0.1, 0.15) is 11.7 Å². The molecular formula is C20H26N6O3. The van der Waals surface area contributed by atoms with Crippen molar-refractivity contribution in [3.05, 3.63) is 42.2 Å². The van der Waals surface area contributed by atoms with Gasteiger partial charge in [0, 0.05) is 19.3 Å². The van der Waals surface area contributed by atoms with Crippen LogP contribution in [0.25, 0.3) is 11.0 Å². The molecule has 1 amide bonds. The van der Waals surface area contributed by atoms with E-state index in [4.69, 9.17) is 0 Å². The van der Waals surface area contributed by atoms with Crippen LogP contribution in [0.1, 0.15) is 37.3 Å². The fraction of sp³-hybridized carbons (Fsp3) is 0.400. The van der Waals surface area contributed by atoms with Gasteiger partial charge in [-0.25, -0.2) is 14.5 Å². The molecule has 2 aromatic heterocycles. The second-order valence-electron chi connectivity index (χ2n) is 6.73. The lowest BCUT2D eigenvalue weighted by Gasteiger charge is -2.20. The van der Waals surface area contributed by atoms with E-state index in [1.807, 2.05) is 28.8 Å². The van der Waals surface area contributed by atoms with Gasteiger partial charge in [-0.05, 0) is 38.2 Å². The number of anilines is 1. The van der Waals surface area contributed by atoms with E-state index in [9.17, 15) is 14.7 Å². The molecule has 0 radical (unpaired) electrons. The number of hydrogen-bond acceptors (Lipinski definition) is 5. The number of carboxylic acid groups (broad SMARTS) is 1. The fourth-order valence-electron chi connectivity index (χ4n) is 3.30. The number of para-hydroxylation sites is 2. The zero-order valence-electron chi connectivity index (χ0n) is 16.9. The highest BCUT2D eigenvalue weighted by Crippen LogP contribution is 2.21. The molecule has 0 saturated carbocycles. The molecule has 9 heteroatoms. The van der Waals surface area contributed by atoms with Crippen molar-refractivity contribution >= 4 is 28.9 Å². The van der Waals surface area contributed by atoms with Crippen molar-refractivity contribution < 1.29 is 14.7 Å². The summed E-state index contributed by atoms with van der Waals surface area (Å²) in [6, 6.07) is 8.28. The maximum atomic E-state index is 12.8. The third-order valence-corrected chi connectivity index (χ3v) is 5.06. The number of rotatable bonds is 9. The van der Waals surface area contributed by atoms with Gasteiger partial charge >= 0.3 is 5.97 Å². The summed E-state index contributed by atoms with van der Waals surface area (Å²) in [4.78, 5) is 31.0. The predicted octanol–water partition coefficient (Wildman–Crippen LogP) is 2.47. The van der Waals surface area contributed by atoms with Crippen molar-refractivity contribution in [2.45, 2.75) is 33.4 Å². The molecule has 0 fully saturated rings. The normalized spacial score (nSPS) is 12.4. The first-order chi connectivity index (χ1) is 14.0. The molecule has 29 heavy (non-hydrogen) atoms. The van der Waals surface area contributed by atoms with Gasteiger partial charge in [-0.1, -0.05) is 26.0 Å². The Morgan fingerprint density at radius 1 is 1.21 bits per heavy atom. The smallest absolute Gasteiger partial charge is 0.354 e. The van der Waals surface area contributed by atoms with Gasteiger partial charge in [-0.2, -0.15) is 5.10 Å². The van der Waals surface area contributed by atoms with Crippen molar-refractivity contribution in [3.63, 3.8) is 0 Å². The zero-order valence-corrected chi connectivity index (χ0v) is 16.9. The molecule has 2 heterocycles. The van der Waals surface area contributed by atoms with E-state index in [1.54, 1.807) is 6.92 Å². The number of fused-ring (bicyclic) bond motifs is 1. The van der Waals surface area contributed by atoms with Gasteiger partial charge in [0.15, 0.2) is 0 Å². The largest absolute Gasteiger partial charge is 0.477 e. The second-order valence-corrected chi connectivity index (χ2v) is 6.73. The molecule has 0 aliphatic heterocycles. The summed E-state index contributed by atoms with van der Waals surface area (Å²) in [6.45, 7) is 9.23. The van der Waals surface area contributed by atoms with Crippen LogP contribution in [0, 0.1) is 0 Å². The summed E-state index contributed by atoms with van der Waals surface area (Å²) in [5.41, 5.74) is 1.69. The molecule has 154 valence electrons. The first-order valence-electron chi connectivity index (χ1n) is 9.71. The van der Waals surface area contributed by atoms with E-state index in [-0.39, 0.29) is 11.6 Å². The van der Waals surface area contributed by atoms with Crippen LogP contribution >= 0.6 is 0 Å². The number of aromatic carboxylic acids is 1. The molecule has 1 aromatic carbocycles. The molecule has 0 spiro atoms. The van der Waals surface area contributed by atoms with Crippen molar-refractivity contribution in [2.75, 3.05) is 25.0 Å². The number of amides is 1. The summed E-state index contributed by atoms with van der Waals surface area (Å²) in [5.74, 6) is -1.07. The number of carbonyl (C=O) groups excluding carboxylic acids is 1. The average molecular weight is 398 g/mol. The van der Waals surface area contributed by atoms with E-state index in [1.165, 1.54) is 16.9 Å². The summed E-state index contributed by atoms with van der Waals surface area (Å²) in [7, 11) is 0. The number of hydrogen-bond donors (Lipinski definition) is 2. The highest BCUT2D eigenvalue weighted by molar-refractivity contribution is 5.95. The standard InChI is InChI=1S/C20H26N6O3/c1-4-24(5-2)12-13-25-16-9-7-6-8-15(16)22-20(25)23-18(27)14(3)26-17(19(28)29)10-11-21-26/h6-11,14H,4-5,12-13H2,1-3H3,(H,28,29)(H,22,23,27). The highest BCUT2D eigenvalue weighted by atomic mass is 16.4. The fourth-order valence-corrected chi connectivity index (χ4v) is 3.30. The Bertz CT molecular complexity index is 1000. The first-order valence-corrected chi connectivity index (χ1v) is 9.71. The van der Waals surface area contributed by atoms with Crippen LogP contribution in [0.2, 0.25) is 0 Å². The molecule has 3 aromatic rings. The molecule has 9 nitrogen and oxygen atoms in total. The van der Waals surface area contributed by atoms with E-state index in [0.717, 1.165) is 30.7 Å². The molecule has 0 bridgehead atoms. The van der Waals surface area contributed by atoms with Gasteiger partial charge in [-0.3, -0.25) is 10.1 Å². The van der Waals surface area contributed by atoms with Crippen molar-refractivity contribution in [3.8, 4) is 0 Å². The summed E-state index contributed by atoms with van der Waals surface area (Å²) in [5, 5.41) is 16.1. The number of imidazole rings is 1. The van der Waals surface area contributed by atoms with Gasteiger partial charge in [0.25, 0.3) is 5.91 Å². The summed E-state index contributed by atoms with van der Waals surface area (Å²) >= 11 is 0. The Labute approximate surface area is 168 Å². The minimum atomic E-state index is -1.13. The lowest BCUT2D eigenvalue weighted by atomic mass is 10.3. The van der Waals surface area contributed by atoms with Gasteiger partial charge in [-0.15, -0.1) is 0 Å². The Hall–Kier alpha value is -3.20. The number of likely N-dealkylation sites (N-methyl/N-ethyl adjacent to an activating group) is 1. The van der Waals surface area contributed by atoms with Crippen molar-refractivity contribution in [2.24, 2.45) is 0 Å². The van der Waals surface area contributed by atoms with Crippen molar-refractivity contribution in [1.82, 2.24) is 24.2 Å². The van der Waals surface area contributed by atoms with Crippen LogP contribution in [0.3, 0.4) is 0 Å². The lowest BCUT2D eigenvalue weighted by Crippen LogP contribution is -2.30. The maximum absolute atomic E-state index is 12.8. The summed E-state index contributed by atoms with van der Waals surface area (Å²) < 4.78 is 3.18. The van der Waals surface area contributed by atoms with E-state index in [2.05, 4.69) is 34.1 Å². The van der Waals surface area contributed by atoms with Gasteiger partial charge < -0.3 is 14.6 Å². The average Bonchev–Trinajstić information content (AvgIpc) is 3.33. The van der Waals surface area contributed by atoms with Crippen LogP contribution in [-0.2, 0) is 11.3 Å². The van der Waals surface area contributed by atoms with E-state index in [0.29, 0.717) is 12.5 Å². The van der Waals surface area contributed by atoms with E-state index < -0.39 is 12.0 Å². The Morgan fingerprint density at radius 2 is 1.93 bits per heavy atom. The maximum Gasteiger partial charge on any atom is 0.354 e. The highest BCUT2D eigenvalue weighted by Gasteiger charge is 2.23. The SMILES string of the molecule is CCN(CC)CCn1c(NC(=O)C(C)n2nccc2C(=O)O)nc2ccccc21. The van der Waals surface area contributed by atoms with Crippen LogP contribution in [0.5, 0.6) is 0 Å². The zero-order chi connectivity index (χ0) is 21.0. The van der Waals surface area contributed by atoms with Gasteiger partial charge in [0.2, 0.25) is 5.95 Å². The Morgan fingerprint density at radius 3 is 2.62 bits per heavy atom. The quantitative estimate of drug-likeness (QED) is 0.574. The van der Waals surface area contributed by atoms with E-state index >= 15 is 0 Å². The molecule has 3 rings (SSSR count). The third kappa shape index (κ3) is 4.29. The van der Waals surface area contributed by atoms with Gasteiger partial charge in [0.05, 0.1) is 11.0 Å². The predicted molar refractivity (Wildman–Crippen MR) is 110 cm³/mol. The molecule has 0 aliphatic carbocycles. The van der Waals surface area contributed by atoms with Crippen LogP contribution in [0.4, 0.5) is 5.95 Å². The summed E-state index contributed by atoms with van der Waals surface area (Å²) in [6.07, 6.45) is 1.37.